The van der Waals surface area contributed by atoms with Gasteiger partial charge in [-0.2, -0.15) is 0 Å². The van der Waals surface area contributed by atoms with E-state index in [1.54, 1.807) is 6.92 Å². The quantitative estimate of drug-likeness (QED) is 0.444. The maximum absolute atomic E-state index is 10.6. The molecule has 0 atom stereocenters. The minimum Gasteiger partial charge on any atom is -0.462 e. The standard InChI is InChI=1S/C8H14O4/c1-3-7(11)12-6-8(2,4-9)5-10/h3,9-10H,1,4-6H2,2H3. The third-order valence-corrected chi connectivity index (χ3v) is 1.49. The maximum atomic E-state index is 10.6. The molecule has 0 rings (SSSR count). The van der Waals surface area contributed by atoms with Gasteiger partial charge in [-0.3, -0.25) is 0 Å². The van der Waals surface area contributed by atoms with Gasteiger partial charge in [-0.1, -0.05) is 13.5 Å². The van der Waals surface area contributed by atoms with E-state index in [2.05, 4.69) is 11.3 Å². The molecule has 0 saturated carbocycles. The van der Waals surface area contributed by atoms with Crippen LogP contribution in [0, 0.1) is 5.41 Å². The molecule has 4 nitrogen and oxygen atoms in total. The van der Waals surface area contributed by atoms with Gasteiger partial charge in [-0.05, 0) is 0 Å². The van der Waals surface area contributed by atoms with Crippen molar-refractivity contribution < 1.29 is 19.7 Å². The summed E-state index contributed by atoms with van der Waals surface area (Å²) in [7, 11) is 0. The number of esters is 1. The third-order valence-electron chi connectivity index (χ3n) is 1.49. The number of hydrogen-bond donors (Lipinski definition) is 2. The third kappa shape index (κ3) is 3.50. The van der Waals surface area contributed by atoms with Gasteiger partial charge in [0.25, 0.3) is 0 Å². The highest BCUT2D eigenvalue weighted by molar-refractivity contribution is 5.81. The summed E-state index contributed by atoms with van der Waals surface area (Å²) in [5.41, 5.74) is -0.765. The van der Waals surface area contributed by atoms with E-state index in [0.717, 1.165) is 6.08 Å². The van der Waals surface area contributed by atoms with E-state index >= 15 is 0 Å². The molecule has 0 bridgehead atoms. The van der Waals surface area contributed by atoms with Crippen molar-refractivity contribution in [2.24, 2.45) is 5.41 Å². The second-order valence-corrected chi connectivity index (χ2v) is 2.94. The molecule has 0 aromatic rings. The Morgan fingerprint density at radius 3 is 2.42 bits per heavy atom. The van der Waals surface area contributed by atoms with E-state index in [-0.39, 0.29) is 19.8 Å². The van der Waals surface area contributed by atoms with Crippen LogP contribution >= 0.6 is 0 Å². The van der Waals surface area contributed by atoms with E-state index in [4.69, 9.17) is 10.2 Å². The average Bonchev–Trinajstić information content (AvgIpc) is 2.13. The summed E-state index contributed by atoms with van der Waals surface area (Å²) in [6, 6.07) is 0. The highest BCUT2D eigenvalue weighted by atomic mass is 16.5. The molecule has 12 heavy (non-hydrogen) atoms. The lowest BCUT2D eigenvalue weighted by molar-refractivity contribution is -0.142. The Labute approximate surface area is 71.5 Å². The highest BCUT2D eigenvalue weighted by Gasteiger charge is 2.23. The van der Waals surface area contributed by atoms with Crippen molar-refractivity contribution in [1.29, 1.82) is 0 Å². The van der Waals surface area contributed by atoms with E-state index in [9.17, 15) is 4.79 Å². The van der Waals surface area contributed by atoms with Gasteiger partial charge in [0.05, 0.1) is 13.2 Å². The van der Waals surface area contributed by atoms with E-state index in [1.807, 2.05) is 0 Å². The lowest BCUT2D eigenvalue weighted by Gasteiger charge is -2.23. The second-order valence-electron chi connectivity index (χ2n) is 2.94. The summed E-state index contributed by atoms with van der Waals surface area (Å²) in [4.78, 5) is 10.6. The molecule has 0 fully saturated rings. The number of carbonyl (C=O) groups excluding carboxylic acids is 1. The van der Waals surface area contributed by atoms with Crippen molar-refractivity contribution in [3.05, 3.63) is 12.7 Å². The topological polar surface area (TPSA) is 66.8 Å². The van der Waals surface area contributed by atoms with Crippen molar-refractivity contribution in [1.82, 2.24) is 0 Å². The second kappa shape index (κ2) is 4.90. The van der Waals surface area contributed by atoms with Crippen molar-refractivity contribution >= 4 is 5.97 Å². The predicted molar refractivity (Wildman–Crippen MR) is 43.4 cm³/mol. The summed E-state index contributed by atoms with van der Waals surface area (Å²) in [5.74, 6) is -0.553. The number of aliphatic hydroxyl groups excluding tert-OH is 2. The van der Waals surface area contributed by atoms with Crippen LogP contribution in [0.1, 0.15) is 6.92 Å². The minimum absolute atomic E-state index is 0.00907. The first-order chi connectivity index (χ1) is 5.58. The Morgan fingerprint density at radius 1 is 1.58 bits per heavy atom. The fourth-order valence-electron chi connectivity index (χ4n) is 0.446. The van der Waals surface area contributed by atoms with Crippen LogP contribution in [0.25, 0.3) is 0 Å². The van der Waals surface area contributed by atoms with Crippen LogP contribution < -0.4 is 0 Å². The van der Waals surface area contributed by atoms with Gasteiger partial charge in [0.2, 0.25) is 0 Å². The Kier molecular flexibility index (Phi) is 4.54. The zero-order chi connectivity index (χ0) is 9.61. The summed E-state index contributed by atoms with van der Waals surface area (Å²) in [5, 5.41) is 17.6. The molecule has 70 valence electrons. The molecule has 0 aromatic carbocycles. The molecule has 0 amide bonds. The van der Waals surface area contributed by atoms with Crippen LogP contribution in [0.15, 0.2) is 12.7 Å². The molecular weight excluding hydrogens is 160 g/mol. The summed E-state index contributed by atoms with van der Waals surface area (Å²) in [6.45, 7) is 4.36. The Hall–Kier alpha value is -0.870. The first-order valence-electron chi connectivity index (χ1n) is 3.59. The van der Waals surface area contributed by atoms with E-state index < -0.39 is 11.4 Å². The van der Waals surface area contributed by atoms with Crippen LogP contribution in [0.3, 0.4) is 0 Å². The molecule has 0 aliphatic carbocycles. The molecule has 4 heteroatoms. The molecule has 0 aliphatic rings. The Morgan fingerprint density at radius 2 is 2.08 bits per heavy atom. The van der Waals surface area contributed by atoms with Gasteiger partial charge in [0, 0.05) is 11.5 Å². The number of aliphatic hydroxyl groups is 2. The average molecular weight is 174 g/mol. The van der Waals surface area contributed by atoms with Gasteiger partial charge in [-0.15, -0.1) is 0 Å². The van der Waals surface area contributed by atoms with Crippen LogP contribution in [-0.4, -0.2) is 36.0 Å². The molecule has 2 N–H and O–H groups in total. The molecule has 0 spiro atoms. The summed E-state index contributed by atoms with van der Waals surface area (Å²) >= 11 is 0. The highest BCUT2D eigenvalue weighted by Crippen LogP contribution is 2.14. The number of hydrogen-bond acceptors (Lipinski definition) is 4. The smallest absolute Gasteiger partial charge is 0.330 e. The van der Waals surface area contributed by atoms with Crippen LogP contribution in [-0.2, 0) is 9.53 Å². The van der Waals surface area contributed by atoms with Gasteiger partial charge >= 0.3 is 5.97 Å². The minimum atomic E-state index is -0.765. The van der Waals surface area contributed by atoms with Gasteiger partial charge in [0.1, 0.15) is 6.61 Å². The molecule has 0 aromatic heterocycles. The van der Waals surface area contributed by atoms with Crippen molar-refractivity contribution in [3.8, 4) is 0 Å². The zero-order valence-corrected chi connectivity index (χ0v) is 7.12. The van der Waals surface area contributed by atoms with Crippen molar-refractivity contribution in [2.75, 3.05) is 19.8 Å². The Balaban J connectivity index is 3.88. The number of rotatable bonds is 5. The van der Waals surface area contributed by atoms with Gasteiger partial charge in [0.15, 0.2) is 0 Å². The summed E-state index contributed by atoms with van der Waals surface area (Å²) < 4.78 is 4.66. The molecule has 0 saturated heterocycles. The lowest BCUT2D eigenvalue weighted by Crippen LogP contribution is -2.32. The molecule has 0 aliphatic heterocycles. The molecule has 0 radical (unpaired) electrons. The lowest BCUT2D eigenvalue weighted by atomic mass is 9.95. The molecular formula is C8H14O4. The SMILES string of the molecule is C=CC(=O)OCC(C)(CO)CO. The van der Waals surface area contributed by atoms with Crippen molar-refractivity contribution in [2.45, 2.75) is 6.92 Å². The first-order valence-corrected chi connectivity index (χ1v) is 3.59. The van der Waals surface area contributed by atoms with Gasteiger partial charge < -0.3 is 14.9 Å². The Bertz CT molecular complexity index is 160. The molecule has 0 unspecified atom stereocenters. The first kappa shape index (κ1) is 11.1. The van der Waals surface area contributed by atoms with Gasteiger partial charge in [-0.25, -0.2) is 4.79 Å². The van der Waals surface area contributed by atoms with Crippen LogP contribution in [0.5, 0.6) is 0 Å². The monoisotopic (exact) mass is 174 g/mol. The zero-order valence-electron chi connectivity index (χ0n) is 7.12. The van der Waals surface area contributed by atoms with E-state index in [1.165, 1.54) is 0 Å². The van der Waals surface area contributed by atoms with E-state index in [0.29, 0.717) is 0 Å². The maximum Gasteiger partial charge on any atom is 0.330 e. The van der Waals surface area contributed by atoms with Crippen LogP contribution in [0.4, 0.5) is 0 Å². The van der Waals surface area contributed by atoms with Crippen molar-refractivity contribution in [3.63, 3.8) is 0 Å². The number of ether oxygens (including phenoxy) is 1. The fourth-order valence-corrected chi connectivity index (χ4v) is 0.446. The summed E-state index contributed by atoms with van der Waals surface area (Å²) in [6.07, 6.45) is 1.04. The van der Waals surface area contributed by atoms with Crippen LogP contribution in [0.2, 0.25) is 0 Å². The fraction of sp³-hybridized carbons (Fsp3) is 0.625. The normalized spacial score (nSPS) is 10.9. The largest absolute Gasteiger partial charge is 0.462 e. The number of carbonyl (C=O) groups is 1. The molecule has 0 heterocycles. The predicted octanol–water partition coefficient (Wildman–Crippen LogP) is -0.294.